The van der Waals surface area contributed by atoms with Crippen molar-refractivity contribution in [1.82, 2.24) is 14.1 Å². The first-order valence-electron chi connectivity index (χ1n) is 11.5. The Balaban J connectivity index is 1.41. The van der Waals surface area contributed by atoms with Crippen LogP contribution in [0.25, 0.3) is 10.9 Å². The lowest BCUT2D eigenvalue weighted by molar-refractivity contribution is 0.101. The van der Waals surface area contributed by atoms with Crippen molar-refractivity contribution in [3.05, 3.63) is 52.1 Å². The number of rotatable bonds is 6. The summed E-state index contributed by atoms with van der Waals surface area (Å²) < 4.78 is 27.8. The lowest BCUT2D eigenvalue weighted by Crippen LogP contribution is -2.41. The number of nitrogens with one attached hydrogen (secondary N) is 2. The molecule has 180 valence electrons. The molecule has 1 aliphatic carbocycles. The van der Waals surface area contributed by atoms with Gasteiger partial charge in [0.25, 0.3) is 5.91 Å². The van der Waals surface area contributed by atoms with Gasteiger partial charge in [-0.15, -0.1) is 0 Å². The summed E-state index contributed by atoms with van der Waals surface area (Å²) in [6.07, 6.45) is 5.06. The molecule has 3 aromatic rings. The van der Waals surface area contributed by atoms with Gasteiger partial charge in [-0.25, -0.2) is 12.7 Å². The summed E-state index contributed by atoms with van der Waals surface area (Å²) >= 11 is 3.41. The van der Waals surface area contributed by atoms with E-state index in [0.717, 1.165) is 52.4 Å². The number of amides is 1. The van der Waals surface area contributed by atoms with E-state index in [4.69, 9.17) is 0 Å². The molecule has 1 amide bonds. The maximum Gasteiger partial charge on any atom is 0.274 e. The molecule has 1 aliphatic heterocycles. The zero-order chi connectivity index (χ0) is 24.0. The van der Waals surface area contributed by atoms with Crippen molar-refractivity contribution in [2.45, 2.75) is 37.6 Å². The summed E-state index contributed by atoms with van der Waals surface area (Å²) in [5, 5.41) is 12.1. The fraction of sp³-hybridized carbons (Fsp3) is 0.417. The third kappa shape index (κ3) is 4.85. The first-order valence-corrected chi connectivity index (χ1v) is 14.1. The average molecular weight is 546 g/mol. The Morgan fingerprint density at radius 1 is 1.09 bits per heavy atom. The smallest absolute Gasteiger partial charge is 0.274 e. The maximum atomic E-state index is 13.2. The molecule has 0 spiro atoms. The first-order chi connectivity index (χ1) is 16.2. The van der Waals surface area contributed by atoms with E-state index in [0.29, 0.717) is 24.7 Å². The minimum absolute atomic E-state index is 0.192. The zero-order valence-electron chi connectivity index (χ0n) is 19.2. The third-order valence-corrected chi connectivity index (χ3v) is 8.45. The Morgan fingerprint density at radius 2 is 1.76 bits per heavy atom. The van der Waals surface area contributed by atoms with Gasteiger partial charge >= 0.3 is 0 Å². The SMILES string of the molecule is Cn1nc2cc(NC3CCN(S(C)(=O)=O)CC3)c(C3CC3)cc2c1C(=O)Nc1ccc(Br)cc1. The van der Waals surface area contributed by atoms with Crippen molar-refractivity contribution in [3.63, 3.8) is 0 Å². The van der Waals surface area contributed by atoms with E-state index < -0.39 is 10.0 Å². The number of anilines is 2. The topological polar surface area (TPSA) is 96.3 Å². The molecule has 2 fully saturated rings. The number of fused-ring (bicyclic) bond motifs is 1. The molecule has 2 N–H and O–H groups in total. The molecule has 1 aromatic heterocycles. The number of hydrogen-bond acceptors (Lipinski definition) is 5. The van der Waals surface area contributed by atoms with Gasteiger partial charge in [0.05, 0.1) is 11.8 Å². The fourth-order valence-corrected chi connectivity index (χ4v) is 5.80. The standard InChI is InChI=1S/C24H28BrN5O3S/c1-29-23(24(31)27-17-7-5-16(25)6-8-17)20-13-19(15-3-4-15)21(14-22(20)28-29)26-18-9-11-30(12-10-18)34(2,32)33/h5-8,13-15,18,26H,3-4,9-12H2,1-2H3,(H,27,31). The summed E-state index contributed by atoms with van der Waals surface area (Å²) in [5.41, 5.74) is 4.29. The number of benzene rings is 2. The highest BCUT2D eigenvalue weighted by Gasteiger charge is 2.30. The van der Waals surface area contributed by atoms with Crippen LogP contribution in [0.3, 0.4) is 0 Å². The molecule has 8 nitrogen and oxygen atoms in total. The second-order valence-corrected chi connectivity index (χ2v) is 12.1. The molecular weight excluding hydrogens is 518 g/mol. The molecule has 2 heterocycles. The van der Waals surface area contributed by atoms with Crippen molar-refractivity contribution in [2.75, 3.05) is 30.0 Å². The van der Waals surface area contributed by atoms with Crippen LogP contribution in [0.1, 0.15) is 47.7 Å². The van der Waals surface area contributed by atoms with E-state index in [2.05, 4.69) is 37.7 Å². The van der Waals surface area contributed by atoms with Gasteiger partial charge < -0.3 is 10.6 Å². The minimum Gasteiger partial charge on any atom is -0.382 e. The van der Waals surface area contributed by atoms with E-state index >= 15 is 0 Å². The number of hydrogen-bond donors (Lipinski definition) is 2. The Kier molecular flexibility index (Phi) is 6.16. The molecule has 2 aromatic carbocycles. The highest BCUT2D eigenvalue weighted by molar-refractivity contribution is 9.10. The summed E-state index contributed by atoms with van der Waals surface area (Å²) in [5.74, 6) is 0.286. The van der Waals surface area contributed by atoms with Crippen LogP contribution in [0, 0.1) is 0 Å². The average Bonchev–Trinajstić information content (AvgIpc) is 3.57. The number of carbonyl (C=O) groups is 1. The van der Waals surface area contributed by atoms with E-state index in [9.17, 15) is 13.2 Å². The lowest BCUT2D eigenvalue weighted by Gasteiger charge is -2.31. The van der Waals surface area contributed by atoms with Gasteiger partial charge in [0, 0.05) is 47.4 Å². The van der Waals surface area contributed by atoms with Gasteiger partial charge in [-0.05, 0) is 73.6 Å². The van der Waals surface area contributed by atoms with Crippen LogP contribution in [0.5, 0.6) is 0 Å². The quantitative estimate of drug-likeness (QED) is 0.481. The van der Waals surface area contributed by atoms with Crippen LogP contribution in [-0.2, 0) is 17.1 Å². The van der Waals surface area contributed by atoms with Gasteiger partial charge in [0.15, 0.2) is 0 Å². The molecule has 0 radical (unpaired) electrons. The Morgan fingerprint density at radius 3 is 2.38 bits per heavy atom. The number of carbonyl (C=O) groups excluding carboxylic acids is 1. The second kappa shape index (κ2) is 8.98. The zero-order valence-corrected chi connectivity index (χ0v) is 21.6. The molecule has 10 heteroatoms. The predicted octanol–water partition coefficient (Wildman–Crippen LogP) is 4.30. The summed E-state index contributed by atoms with van der Waals surface area (Å²) in [6.45, 7) is 1.06. The third-order valence-electron chi connectivity index (χ3n) is 6.62. The highest BCUT2D eigenvalue weighted by atomic mass is 79.9. The van der Waals surface area contributed by atoms with Crippen LogP contribution < -0.4 is 10.6 Å². The molecule has 0 atom stereocenters. The maximum absolute atomic E-state index is 13.2. The van der Waals surface area contributed by atoms with Crippen molar-refractivity contribution in [2.24, 2.45) is 7.05 Å². The van der Waals surface area contributed by atoms with Crippen molar-refractivity contribution < 1.29 is 13.2 Å². The van der Waals surface area contributed by atoms with E-state index in [1.807, 2.05) is 30.3 Å². The number of aromatic nitrogens is 2. The van der Waals surface area contributed by atoms with Crippen molar-refractivity contribution in [3.8, 4) is 0 Å². The van der Waals surface area contributed by atoms with Crippen LogP contribution in [-0.4, -0.2) is 53.8 Å². The Bertz CT molecular complexity index is 1340. The number of piperidine rings is 1. The minimum atomic E-state index is -3.15. The number of aryl methyl sites for hydroxylation is 1. The molecule has 0 bridgehead atoms. The largest absolute Gasteiger partial charge is 0.382 e. The molecule has 0 unspecified atom stereocenters. The van der Waals surface area contributed by atoms with Gasteiger partial charge in [-0.2, -0.15) is 5.10 Å². The van der Waals surface area contributed by atoms with Crippen LogP contribution in [0.4, 0.5) is 11.4 Å². The molecule has 1 saturated heterocycles. The van der Waals surface area contributed by atoms with E-state index in [1.54, 1.807) is 16.0 Å². The van der Waals surface area contributed by atoms with Crippen molar-refractivity contribution in [1.29, 1.82) is 0 Å². The van der Waals surface area contributed by atoms with Crippen LogP contribution in [0.15, 0.2) is 40.9 Å². The number of halogens is 1. The first kappa shape index (κ1) is 23.3. The summed E-state index contributed by atoms with van der Waals surface area (Å²) in [6, 6.07) is 11.9. The van der Waals surface area contributed by atoms with Crippen LogP contribution >= 0.6 is 15.9 Å². The molecule has 2 aliphatic rings. The molecule has 34 heavy (non-hydrogen) atoms. The summed E-state index contributed by atoms with van der Waals surface area (Å²) in [4.78, 5) is 13.2. The normalized spacial score (nSPS) is 17.7. The molecule has 5 rings (SSSR count). The highest BCUT2D eigenvalue weighted by Crippen LogP contribution is 2.45. The molecular formula is C24H28BrN5O3S. The Hall–Kier alpha value is -2.43. The van der Waals surface area contributed by atoms with Crippen LogP contribution in [0.2, 0.25) is 0 Å². The lowest BCUT2D eigenvalue weighted by atomic mass is 10.0. The Labute approximate surface area is 207 Å². The van der Waals surface area contributed by atoms with Gasteiger partial charge in [-0.3, -0.25) is 9.48 Å². The summed E-state index contributed by atoms with van der Waals surface area (Å²) in [7, 11) is -1.35. The van der Waals surface area contributed by atoms with Gasteiger partial charge in [-0.1, -0.05) is 15.9 Å². The predicted molar refractivity (Wildman–Crippen MR) is 138 cm³/mol. The monoisotopic (exact) mass is 545 g/mol. The van der Waals surface area contributed by atoms with Crippen molar-refractivity contribution >= 4 is 54.1 Å². The number of nitrogens with zero attached hydrogens (tertiary/aromatic N) is 3. The van der Waals surface area contributed by atoms with E-state index in [-0.39, 0.29) is 11.9 Å². The second-order valence-electron chi connectivity index (χ2n) is 9.24. The van der Waals surface area contributed by atoms with Gasteiger partial charge in [0.2, 0.25) is 10.0 Å². The number of sulfonamides is 1. The van der Waals surface area contributed by atoms with E-state index in [1.165, 1.54) is 11.8 Å². The molecule has 1 saturated carbocycles. The van der Waals surface area contributed by atoms with Gasteiger partial charge in [0.1, 0.15) is 5.69 Å². The fourth-order valence-electron chi connectivity index (χ4n) is 4.66.